The van der Waals surface area contributed by atoms with E-state index in [1.807, 2.05) is 6.92 Å². The van der Waals surface area contributed by atoms with Crippen molar-refractivity contribution in [3.8, 4) is 0 Å². The molecule has 1 fully saturated rings. The molecule has 110 valence electrons. The van der Waals surface area contributed by atoms with Crippen LogP contribution in [0.4, 0.5) is 4.79 Å². The van der Waals surface area contributed by atoms with E-state index in [4.69, 9.17) is 9.29 Å². The Morgan fingerprint density at radius 2 is 1.95 bits per heavy atom. The van der Waals surface area contributed by atoms with Crippen molar-refractivity contribution >= 4 is 16.2 Å². The van der Waals surface area contributed by atoms with Crippen LogP contribution >= 0.6 is 0 Å². The second-order valence-electron chi connectivity index (χ2n) is 5.01. The van der Waals surface area contributed by atoms with Gasteiger partial charge in [-0.25, -0.2) is 4.79 Å². The van der Waals surface area contributed by atoms with Crippen molar-refractivity contribution in [1.29, 1.82) is 0 Å². The lowest BCUT2D eigenvalue weighted by atomic mass is 10.2. The molecule has 1 aliphatic heterocycles. The molecule has 1 aromatic rings. The smallest absolute Gasteiger partial charge is 0.407 e. The van der Waals surface area contributed by atoms with Crippen LogP contribution < -0.4 is 0 Å². The first-order chi connectivity index (χ1) is 9.29. The minimum absolute atomic E-state index is 0.0710. The first-order valence-electron chi connectivity index (χ1n) is 6.29. The summed E-state index contributed by atoms with van der Waals surface area (Å²) in [5.41, 5.74) is 0.954. The Hall–Kier alpha value is -1.60. The van der Waals surface area contributed by atoms with E-state index in [0.717, 1.165) is 5.56 Å². The number of nitrogens with zero attached hydrogens (tertiary/aromatic N) is 1. The highest BCUT2D eigenvalue weighted by atomic mass is 32.2. The Bertz CT molecular complexity index is 596. The van der Waals surface area contributed by atoms with Gasteiger partial charge < -0.3 is 10.0 Å². The molecular weight excluding hydrogens is 282 g/mol. The maximum atomic E-state index is 12.1. The first-order valence-corrected chi connectivity index (χ1v) is 7.70. The van der Waals surface area contributed by atoms with Crippen LogP contribution in [-0.2, 0) is 14.3 Å². The molecule has 1 heterocycles. The molecule has 0 saturated carbocycles. The average Bonchev–Trinajstić information content (AvgIpc) is 2.70. The van der Waals surface area contributed by atoms with E-state index in [-0.39, 0.29) is 17.5 Å². The van der Waals surface area contributed by atoms with Gasteiger partial charge in [0.25, 0.3) is 10.1 Å². The number of hydrogen-bond donors (Lipinski definition) is 1. The van der Waals surface area contributed by atoms with E-state index >= 15 is 0 Å². The van der Waals surface area contributed by atoms with Crippen molar-refractivity contribution in [1.82, 2.24) is 4.90 Å². The van der Waals surface area contributed by atoms with Gasteiger partial charge in [-0.3, -0.25) is 4.18 Å². The second-order valence-corrected chi connectivity index (χ2v) is 6.58. The van der Waals surface area contributed by atoms with Gasteiger partial charge in [0.2, 0.25) is 0 Å². The number of hydrogen-bond acceptors (Lipinski definition) is 4. The fraction of sp³-hybridized carbons (Fsp3) is 0.462. The molecule has 0 unspecified atom stereocenters. The van der Waals surface area contributed by atoms with Gasteiger partial charge in [0.15, 0.2) is 0 Å². The zero-order valence-corrected chi connectivity index (χ0v) is 12.1. The number of rotatable bonds is 3. The fourth-order valence-electron chi connectivity index (χ4n) is 2.26. The molecule has 1 amide bonds. The number of benzene rings is 1. The number of aryl methyl sites for hydroxylation is 1. The zero-order valence-electron chi connectivity index (χ0n) is 11.3. The maximum absolute atomic E-state index is 12.1. The minimum atomic E-state index is -3.85. The first kappa shape index (κ1) is 14.8. The van der Waals surface area contributed by atoms with Crippen molar-refractivity contribution in [3.63, 3.8) is 0 Å². The SMILES string of the molecule is Cc1ccc(S(=O)(=O)O[C@@H]2C[C@H](C)N(C(=O)O)C2)cc1. The minimum Gasteiger partial charge on any atom is -0.465 e. The molecule has 0 bridgehead atoms. The topological polar surface area (TPSA) is 83.9 Å². The van der Waals surface area contributed by atoms with Crippen molar-refractivity contribution in [3.05, 3.63) is 29.8 Å². The molecule has 6 nitrogen and oxygen atoms in total. The monoisotopic (exact) mass is 299 g/mol. The van der Waals surface area contributed by atoms with E-state index in [1.54, 1.807) is 19.1 Å². The molecule has 1 N–H and O–H groups in total. The molecule has 0 aromatic heterocycles. The van der Waals surface area contributed by atoms with Gasteiger partial charge in [0.05, 0.1) is 17.5 Å². The highest BCUT2D eigenvalue weighted by molar-refractivity contribution is 7.86. The number of carbonyl (C=O) groups is 1. The summed E-state index contributed by atoms with van der Waals surface area (Å²) in [7, 11) is -3.85. The molecule has 0 radical (unpaired) electrons. The molecule has 1 saturated heterocycles. The standard InChI is InChI=1S/C13H17NO5S/c1-9-3-5-12(6-4-9)20(17,18)19-11-7-10(2)14(8-11)13(15)16/h3-6,10-11H,7-8H2,1-2H3,(H,15,16)/t10-,11+/m0/s1. The van der Waals surface area contributed by atoms with E-state index < -0.39 is 22.3 Å². The van der Waals surface area contributed by atoms with Crippen LogP contribution in [0.2, 0.25) is 0 Å². The summed E-state index contributed by atoms with van der Waals surface area (Å²) in [6.07, 6.45) is -1.32. The van der Waals surface area contributed by atoms with Crippen LogP contribution in [0.1, 0.15) is 18.9 Å². The van der Waals surface area contributed by atoms with Gasteiger partial charge in [0, 0.05) is 6.04 Å². The number of likely N-dealkylation sites (tertiary alicyclic amines) is 1. The lowest BCUT2D eigenvalue weighted by Crippen LogP contribution is -2.33. The van der Waals surface area contributed by atoms with Crippen LogP contribution in [0.5, 0.6) is 0 Å². The number of amides is 1. The van der Waals surface area contributed by atoms with Crippen LogP contribution in [0.3, 0.4) is 0 Å². The molecular formula is C13H17NO5S. The summed E-state index contributed by atoms with van der Waals surface area (Å²) in [6, 6.07) is 6.11. The van der Waals surface area contributed by atoms with Gasteiger partial charge in [-0.2, -0.15) is 8.42 Å². The zero-order chi connectivity index (χ0) is 14.9. The van der Waals surface area contributed by atoms with Gasteiger partial charge in [-0.1, -0.05) is 17.7 Å². The summed E-state index contributed by atoms with van der Waals surface area (Å²) in [5.74, 6) is 0. The van der Waals surface area contributed by atoms with Crippen LogP contribution in [0, 0.1) is 6.92 Å². The molecule has 7 heteroatoms. The third-order valence-corrected chi connectivity index (χ3v) is 4.73. The van der Waals surface area contributed by atoms with Gasteiger partial charge >= 0.3 is 6.09 Å². The lowest BCUT2D eigenvalue weighted by Gasteiger charge is -2.16. The van der Waals surface area contributed by atoms with E-state index in [9.17, 15) is 13.2 Å². The predicted molar refractivity (Wildman–Crippen MR) is 72.0 cm³/mol. The Morgan fingerprint density at radius 1 is 1.35 bits per heavy atom. The normalized spacial score (nSPS) is 23.0. The van der Waals surface area contributed by atoms with Crippen LogP contribution in [0.25, 0.3) is 0 Å². The lowest BCUT2D eigenvalue weighted by molar-refractivity contribution is 0.137. The summed E-state index contributed by atoms with van der Waals surface area (Å²) in [5, 5.41) is 8.97. The summed E-state index contributed by atoms with van der Waals surface area (Å²) in [6.45, 7) is 3.66. The van der Waals surface area contributed by atoms with Gasteiger partial charge in [-0.15, -0.1) is 0 Å². The predicted octanol–water partition coefficient (Wildman–Crippen LogP) is 1.84. The van der Waals surface area contributed by atoms with E-state index in [0.29, 0.717) is 6.42 Å². The fourth-order valence-corrected chi connectivity index (χ4v) is 3.34. The molecule has 0 spiro atoms. The van der Waals surface area contributed by atoms with Crippen molar-refractivity contribution in [2.24, 2.45) is 0 Å². The third kappa shape index (κ3) is 3.10. The van der Waals surface area contributed by atoms with E-state index in [2.05, 4.69) is 0 Å². The van der Waals surface area contributed by atoms with Gasteiger partial charge in [-0.05, 0) is 32.4 Å². The van der Waals surface area contributed by atoms with E-state index in [1.165, 1.54) is 17.0 Å². The molecule has 0 aliphatic carbocycles. The van der Waals surface area contributed by atoms with Crippen LogP contribution in [0.15, 0.2) is 29.2 Å². The maximum Gasteiger partial charge on any atom is 0.407 e. The number of carboxylic acid groups (broad SMARTS) is 1. The highest BCUT2D eigenvalue weighted by Gasteiger charge is 2.36. The summed E-state index contributed by atoms with van der Waals surface area (Å²) < 4.78 is 29.3. The Balaban J connectivity index is 2.10. The average molecular weight is 299 g/mol. The highest BCUT2D eigenvalue weighted by Crippen LogP contribution is 2.24. The van der Waals surface area contributed by atoms with Gasteiger partial charge in [0.1, 0.15) is 0 Å². The van der Waals surface area contributed by atoms with Crippen molar-refractivity contribution < 1.29 is 22.5 Å². The van der Waals surface area contributed by atoms with Crippen molar-refractivity contribution in [2.75, 3.05) is 6.54 Å². The van der Waals surface area contributed by atoms with Crippen molar-refractivity contribution in [2.45, 2.75) is 37.3 Å². The van der Waals surface area contributed by atoms with Crippen LogP contribution in [-0.4, -0.2) is 43.2 Å². The Kier molecular flexibility index (Phi) is 4.01. The summed E-state index contributed by atoms with van der Waals surface area (Å²) in [4.78, 5) is 12.2. The molecule has 20 heavy (non-hydrogen) atoms. The largest absolute Gasteiger partial charge is 0.465 e. The molecule has 1 aliphatic rings. The molecule has 2 rings (SSSR count). The quantitative estimate of drug-likeness (QED) is 0.861. The second kappa shape index (κ2) is 5.41. The third-order valence-electron chi connectivity index (χ3n) is 3.35. The summed E-state index contributed by atoms with van der Waals surface area (Å²) >= 11 is 0. The Morgan fingerprint density at radius 3 is 2.45 bits per heavy atom. The molecule has 1 aromatic carbocycles. The Labute approximate surface area is 118 Å². The molecule has 2 atom stereocenters.